The number of H-pyrrole nitrogens is 1. The number of nitrogens with zero attached hydrogens (tertiary/aromatic N) is 2. The molecule has 3 aromatic rings. The summed E-state index contributed by atoms with van der Waals surface area (Å²) in [6.07, 6.45) is 1.57. The van der Waals surface area contributed by atoms with E-state index in [1.807, 2.05) is 32.0 Å². The van der Waals surface area contributed by atoms with Crippen molar-refractivity contribution in [2.24, 2.45) is 0 Å². The Kier molecular flexibility index (Phi) is 3.06. The number of fused-ring (bicyclic) bond motifs is 1. The van der Waals surface area contributed by atoms with Crippen molar-refractivity contribution in [3.05, 3.63) is 63.7 Å². The number of hydrogen-bond acceptors (Lipinski definition) is 3. The van der Waals surface area contributed by atoms with Crippen LogP contribution in [0.1, 0.15) is 21.5 Å². The molecule has 6 nitrogen and oxygen atoms in total. The number of carbonyl (C=O) groups excluding carboxylic acids is 1. The molecule has 2 heterocycles. The van der Waals surface area contributed by atoms with Gasteiger partial charge in [-0.05, 0) is 43.2 Å². The molecule has 0 unspecified atom stereocenters. The fraction of sp³-hybridized carbons (Fsp3) is 0.133. The van der Waals surface area contributed by atoms with Crippen molar-refractivity contribution in [3.8, 4) is 0 Å². The predicted octanol–water partition coefficient (Wildman–Crippen LogP) is 1.89. The summed E-state index contributed by atoms with van der Waals surface area (Å²) in [5.41, 5.74) is 3.07. The van der Waals surface area contributed by atoms with Gasteiger partial charge in [-0.3, -0.25) is 4.79 Å². The highest BCUT2D eigenvalue weighted by Crippen LogP contribution is 2.18. The highest BCUT2D eigenvalue weighted by Gasteiger charge is 2.14. The summed E-state index contributed by atoms with van der Waals surface area (Å²) in [7, 11) is 0. The SMILES string of the molecule is Cc1ccc(C)c(NC(=O)c2cccn3c(=O)[nH]nc23)c1. The predicted molar refractivity (Wildman–Crippen MR) is 79.7 cm³/mol. The number of pyridine rings is 1. The zero-order valence-electron chi connectivity index (χ0n) is 11.7. The first kappa shape index (κ1) is 13.1. The van der Waals surface area contributed by atoms with Gasteiger partial charge in [-0.25, -0.2) is 14.3 Å². The molecule has 0 radical (unpaired) electrons. The van der Waals surface area contributed by atoms with E-state index in [0.717, 1.165) is 16.8 Å². The first-order chi connectivity index (χ1) is 10.1. The Morgan fingerprint density at radius 3 is 2.90 bits per heavy atom. The van der Waals surface area contributed by atoms with Gasteiger partial charge in [-0.2, -0.15) is 5.10 Å². The maximum atomic E-state index is 12.4. The molecule has 0 bridgehead atoms. The number of amides is 1. The lowest BCUT2D eigenvalue weighted by molar-refractivity contribution is 0.102. The maximum absolute atomic E-state index is 12.4. The number of aromatic amines is 1. The Morgan fingerprint density at radius 2 is 2.10 bits per heavy atom. The minimum atomic E-state index is -0.369. The summed E-state index contributed by atoms with van der Waals surface area (Å²) in [6, 6.07) is 9.12. The van der Waals surface area contributed by atoms with Crippen molar-refractivity contribution in [1.29, 1.82) is 0 Å². The van der Waals surface area contributed by atoms with Crippen molar-refractivity contribution in [2.45, 2.75) is 13.8 Å². The lowest BCUT2D eigenvalue weighted by atomic mass is 10.1. The first-order valence-electron chi connectivity index (χ1n) is 6.50. The molecule has 0 spiro atoms. The van der Waals surface area contributed by atoms with E-state index in [9.17, 15) is 9.59 Å². The van der Waals surface area contributed by atoms with Crippen LogP contribution in [0.25, 0.3) is 5.65 Å². The van der Waals surface area contributed by atoms with Crippen LogP contribution < -0.4 is 11.0 Å². The number of hydrogen-bond donors (Lipinski definition) is 2. The monoisotopic (exact) mass is 282 g/mol. The number of aryl methyl sites for hydroxylation is 2. The minimum absolute atomic E-state index is 0.298. The maximum Gasteiger partial charge on any atom is 0.347 e. The molecular formula is C15H14N4O2. The van der Waals surface area contributed by atoms with E-state index < -0.39 is 0 Å². The van der Waals surface area contributed by atoms with Gasteiger partial charge in [-0.1, -0.05) is 12.1 Å². The van der Waals surface area contributed by atoms with Gasteiger partial charge in [0.2, 0.25) is 0 Å². The van der Waals surface area contributed by atoms with Gasteiger partial charge in [-0.15, -0.1) is 0 Å². The summed E-state index contributed by atoms with van der Waals surface area (Å²) >= 11 is 0. The molecule has 2 aromatic heterocycles. The fourth-order valence-electron chi connectivity index (χ4n) is 2.17. The third kappa shape index (κ3) is 2.31. The number of aromatic nitrogens is 3. The normalized spacial score (nSPS) is 10.8. The molecule has 106 valence electrons. The van der Waals surface area contributed by atoms with Crippen LogP contribution in [0.15, 0.2) is 41.3 Å². The van der Waals surface area contributed by atoms with Gasteiger partial charge in [0.1, 0.15) is 0 Å². The number of carbonyl (C=O) groups is 1. The van der Waals surface area contributed by atoms with Gasteiger partial charge in [0.25, 0.3) is 5.91 Å². The van der Waals surface area contributed by atoms with Gasteiger partial charge in [0.05, 0.1) is 5.56 Å². The number of rotatable bonds is 2. The summed E-state index contributed by atoms with van der Waals surface area (Å²) in [6.45, 7) is 3.89. The van der Waals surface area contributed by atoms with Crippen LogP contribution in [0.4, 0.5) is 5.69 Å². The Hall–Kier alpha value is -2.89. The Bertz CT molecular complexity index is 892. The second kappa shape index (κ2) is 4.90. The standard InChI is InChI=1S/C15H14N4O2/c1-9-5-6-10(2)12(8-9)16-14(20)11-4-3-7-19-13(11)17-18-15(19)21/h3-8H,1-2H3,(H,16,20)(H,18,21). The first-order valence-corrected chi connectivity index (χ1v) is 6.50. The van der Waals surface area contributed by atoms with E-state index in [-0.39, 0.29) is 11.6 Å². The van der Waals surface area contributed by atoms with E-state index in [1.54, 1.807) is 18.3 Å². The van der Waals surface area contributed by atoms with Crippen LogP contribution in [0.5, 0.6) is 0 Å². The molecule has 0 atom stereocenters. The zero-order chi connectivity index (χ0) is 15.0. The Morgan fingerprint density at radius 1 is 1.29 bits per heavy atom. The number of anilines is 1. The molecule has 0 saturated heterocycles. The summed E-state index contributed by atoms with van der Waals surface area (Å²) in [5.74, 6) is -0.298. The topological polar surface area (TPSA) is 79.3 Å². The molecule has 1 aromatic carbocycles. The van der Waals surface area contributed by atoms with E-state index in [0.29, 0.717) is 11.2 Å². The molecule has 1 amide bonds. The largest absolute Gasteiger partial charge is 0.347 e. The third-order valence-corrected chi connectivity index (χ3v) is 3.33. The lowest BCUT2D eigenvalue weighted by Gasteiger charge is -2.09. The van der Waals surface area contributed by atoms with Crippen LogP contribution in [0, 0.1) is 13.8 Å². The van der Waals surface area contributed by atoms with Crippen LogP contribution in [0.3, 0.4) is 0 Å². The van der Waals surface area contributed by atoms with Gasteiger partial charge in [0, 0.05) is 11.9 Å². The molecule has 0 fully saturated rings. The molecular weight excluding hydrogens is 268 g/mol. The van der Waals surface area contributed by atoms with Crippen molar-refractivity contribution in [3.63, 3.8) is 0 Å². The molecule has 6 heteroatoms. The zero-order valence-corrected chi connectivity index (χ0v) is 11.7. The van der Waals surface area contributed by atoms with Gasteiger partial charge >= 0.3 is 5.69 Å². The van der Waals surface area contributed by atoms with Crippen molar-refractivity contribution >= 4 is 17.2 Å². The minimum Gasteiger partial charge on any atom is -0.322 e. The van der Waals surface area contributed by atoms with Crippen molar-refractivity contribution < 1.29 is 4.79 Å². The van der Waals surface area contributed by atoms with E-state index >= 15 is 0 Å². The highest BCUT2D eigenvalue weighted by molar-refractivity contribution is 6.08. The van der Waals surface area contributed by atoms with Crippen LogP contribution in [-0.4, -0.2) is 20.5 Å². The summed E-state index contributed by atoms with van der Waals surface area (Å²) in [4.78, 5) is 23.9. The van der Waals surface area contributed by atoms with E-state index in [1.165, 1.54) is 4.40 Å². The smallest absolute Gasteiger partial charge is 0.322 e. The second-order valence-electron chi connectivity index (χ2n) is 4.92. The van der Waals surface area contributed by atoms with Gasteiger partial charge in [0.15, 0.2) is 5.65 Å². The van der Waals surface area contributed by atoms with Crippen molar-refractivity contribution in [1.82, 2.24) is 14.6 Å². The van der Waals surface area contributed by atoms with E-state index in [2.05, 4.69) is 15.5 Å². The second-order valence-corrected chi connectivity index (χ2v) is 4.92. The molecule has 2 N–H and O–H groups in total. The van der Waals surface area contributed by atoms with Crippen LogP contribution in [-0.2, 0) is 0 Å². The summed E-state index contributed by atoms with van der Waals surface area (Å²) in [5, 5.41) is 9.08. The molecule has 0 aliphatic rings. The lowest BCUT2D eigenvalue weighted by Crippen LogP contribution is -2.16. The number of benzene rings is 1. The number of nitrogens with one attached hydrogen (secondary N) is 2. The summed E-state index contributed by atoms with van der Waals surface area (Å²) < 4.78 is 1.30. The average Bonchev–Trinajstić information content (AvgIpc) is 2.84. The molecule has 0 aliphatic heterocycles. The highest BCUT2D eigenvalue weighted by atomic mass is 16.2. The molecule has 0 saturated carbocycles. The molecule has 3 rings (SSSR count). The fourth-order valence-corrected chi connectivity index (χ4v) is 2.17. The van der Waals surface area contributed by atoms with Crippen LogP contribution >= 0.6 is 0 Å². The van der Waals surface area contributed by atoms with E-state index in [4.69, 9.17) is 0 Å². The van der Waals surface area contributed by atoms with Crippen molar-refractivity contribution in [2.75, 3.05) is 5.32 Å². The van der Waals surface area contributed by atoms with Gasteiger partial charge < -0.3 is 5.32 Å². The Labute approximate surface area is 120 Å². The quantitative estimate of drug-likeness (QED) is 0.753. The molecule has 21 heavy (non-hydrogen) atoms. The van der Waals surface area contributed by atoms with Crippen LogP contribution in [0.2, 0.25) is 0 Å². The average molecular weight is 282 g/mol. The third-order valence-electron chi connectivity index (χ3n) is 3.33. The Balaban J connectivity index is 2.01. The molecule has 0 aliphatic carbocycles.